The first-order valence-electron chi connectivity index (χ1n) is 12.4. The normalized spacial score (nSPS) is 18.2. The van der Waals surface area contributed by atoms with Crippen molar-refractivity contribution in [1.29, 1.82) is 0 Å². The van der Waals surface area contributed by atoms with Gasteiger partial charge in [0.2, 0.25) is 0 Å². The van der Waals surface area contributed by atoms with Gasteiger partial charge in [-0.15, -0.1) is 0 Å². The molecule has 190 valence electrons. The number of ether oxygens (including phenoxy) is 2. The minimum atomic E-state index is -0.732. The molecule has 5 rings (SSSR count). The molecule has 0 bridgehead atoms. The van der Waals surface area contributed by atoms with Crippen molar-refractivity contribution in [3.8, 4) is 11.5 Å². The van der Waals surface area contributed by atoms with Crippen molar-refractivity contribution in [2.75, 3.05) is 33.8 Å². The third kappa shape index (κ3) is 5.08. The van der Waals surface area contributed by atoms with E-state index in [0.29, 0.717) is 43.2 Å². The fraction of sp³-hybridized carbons (Fsp3) is 0.267. The predicted octanol–water partition coefficient (Wildman–Crippen LogP) is 4.18. The van der Waals surface area contributed by atoms with Gasteiger partial charge in [0.15, 0.2) is 0 Å². The largest absolute Gasteiger partial charge is 0.507 e. The number of Topliss-reactive ketones (excluding diaryl/α,β-unsaturated/α-hetero) is 1. The Balaban J connectivity index is 1.53. The Morgan fingerprint density at radius 2 is 1.86 bits per heavy atom. The van der Waals surface area contributed by atoms with Crippen LogP contribution in [0.2, 0.25) is 0 Å². The molecule has 7 heteroatoms. The minimum Gasteiger partial charge on any atom is -0.507 e. The molecule has 0 aromatic heterocycles. The number of carbonyl (C=O) groups is 2. The van der Waals surface area contributed by atoms with Crippen molar-refractivity contribution in [2.45, 2.75) is 19.1 Å². The topological polar surface area (TPSA) is 79.3 Å². The minimum absolute atomic E-state index is 0.0860. The maximum absolute atomic E-state index is 13.3. The van der Waals surface area contributed by atoms with Gasteiger partial charge in [0.05, 0.1) is 18.2 Å². The molecule has 0 aliphatic carbocycles. The number of amides is 1. The van der Waals surface area contributed by atoms with E-state index in [1.807, 2.05) is 79.7 Å². The molecule has 1 N–H and O–H groups in total. The fourth-order valence-electron chi connectivity index (χ4n) is 4.77. The Kier molecular flexibility index (Phi) is 6.97. The van der Waals surface area contributed by atoms with Gasteiger partial charge in [-0.25, -0.2) is 0 Å². The molecule has 1 fully saturated rings. The van der Waals surface area contributed by atoms with E-state index in [4.69, 9.17) is 9.47 Å². The lowest BCUT2D eigenvalue weighted by Crippen LogP contribution is -2.35. The van der Waals surface area contributed by atoms with Crippen LogP contribution in [0.5, 0.6) is 11.5 Å². The number of aliphatic hydroxyl groups is 1. The summed E-state index contributed by atoms with van der Waals surface area (Å²) in [7, 11) is 3.83. The van der Waals surface area contributed by atoms with E-state index in [-0.39, 0.29) is 11.3 Å². The third-order valence-electron chi connectivity index (χ3n) is 6.71. The molecule has 7 nitrogen and oxygen atoms in total. The summed E-state index contributed by atoms with van der Waals surface area (Å²) in [5.74, 6) is -0.0832. The lowest BCUT2D eigenvalue weighted by Gasteiger charge is -2.27. The van der Waals surface area contributed by atoms with Crippen molar-refractivity contribution in [2.24, 2.45) is 0 Å². The molecular formula is C30H30N2O5. The zero-order valence-electron chi connectivity index (χ0n) is 21.0. The van der Waals surface area contributed by atoms with E-state index in [1.165, 1.54) is 0 Å². The van der Waals surface area contributed by atoms with Gasteiger partial charge in [0.1, 0.15) is 23.9 Å². The van der Waals surface area contributed by atoms with Gasteiger partial charge in [-0.2, -0.15) is 0 Å². The van der Waals surface area contributed by atoms with Crippen LogP contribution in [0.1, 0.15) is 28.3 Å². The lowest BCUT2D eigenvalue weighted by atomic mass is 9.94. The number of benzene rings is 3. The molecule has 0 saturated carbocycles. The zero-order valence-corrected chi connectivity index (χ0v) is 21.0. The van der Waals surface area contributed by atoms with E-state index in [2.05, 4.69) is 0 Å². The number of nitrogens with zero attached hydrogens (tertiary/aromatic N) is 2. The molecule has 1 atom stereocenters. The standard InChI is InChI=1S/C30H30N2O5/c1-31(2)14-15-32-27(22-9-6-10-24(18-22)37-19-20-7-4-3-5-8-20)26(29(34)30(32)35)28(33)23-11-12-25-21(17-23)13-16-36-25/h3-12,17-18,27,33H,13-16,19H2,1-2H3/b28-26-. The highest BCUT2D eigenvalue weighted by Crippen LogP contribution is 2.41. The second-order valence-corrected chi connectivity index (χ2v) is 9.56. The zero-order chi connectivity index (χ0) is 25.9. The number of carbonyl (C=O) groups excluding carboxylic acids is 2. The van der Waals surface area contributed by atoms with Crippen LogP contribution in [-0.2, 0) is 22.6 Å². The van der Waals surface area contributed by atoms with Crippen LogP contribution in [-0.4, -0.2) is 60.4 Å². The van der Waals surface area contributed by atoms with Crippen LogP contribution >= 0.6 is 0 Å². The summed E-state index contributed by atoms with van der Waals surface area (Å²) in [6, 6.07) is 21.9. The lowest BCUT2D eigenvalue weighted by molar-refractivity contribution is -0.140. The molecule has 3 aromatic rings. The van der Waals surface area contributed by atoms with Gasteiger partial charge in [-0.05, 0) is 61.1 Å². The molecule has 1 amide bonds. The summed E-state index contributed by atoms with van der Waals surface area (Å²) in [4.78, 5) is 30.0. The summed E-state index contributed by atoms with van der Waals surface area (Å²) < 4.78 is 11.6. The Morgan fingerprint density at radius 3 is 2.65 bits per heavy atom. The first-order valence-corrected chi connectivity index (χ1v) is 12.4. The summed E-state index contributed by atoms with van der Waals surface area (Å²) in [6.07, 6.45) is 0.734. The molecule has 2 aliphatic rings. The highest BCUT2D eigenvalue weighted by molar-refractivity contribution is 6.46. The van der Waals surface area contributed by atoms with Crippen molar-refractivity contribution in [1.82, 2.24) is 9.80 Å². The van der Waals surface area contributed by atoms with Gasteiger partial charge in [0, 0.05) is 25.1 Å². The first-order chi connectivity index (χ1) is 17.9. The molecule has 0 spiro atoms. The van der Waals surface area contributed by atoms with E-state index in [1.54, 1.807) is 17.0 Å². The van der Waals surface area contributed by atoms with Gasteiger partial charge >= 0.3 is 0 Å². The highest BCUT2D eigenvalue weighted by atomic mass is 16.5. The van der Waals surface area contributed by atoms with Gasteiger partial charge in [-0.1, -0.05) is 42.5 Å². The molecule has 0 radical (unpaired) electrons. The van der Waals surface area contributed by atoms with Gasteiger partial charge in [0.25, 0.3) is 11.7 Å². The monoisotopic (exact) mass is 498 g/mol. The Hall–Kier alpha value is -4.10. The number of aliphatic hydroxyl groups excluding tert-OH is 1. The maximum atomic E-state index is 13.3. The van der Waals surface area contributed by atoms with Gasteiger partial charge in [-0.3, -0.25) is 9.59 Å². The van der Waals surface area contributed by atoms with Crippen LogP contribution < -0.4 is 9.47 Å². The second-order valence-electron chi connectivity index (χ2n) is 9.56. The quantitative estimate of drug-likeness (QED) is 0.285. The van der Waals surface area contributed by atoms with Gasteiger partial charge < -0.3 is 24.4 Å². The Morgan fingerprint density at radius 1 is 1.05 bits per heavy atom. The molecule has 2 heterocycles. The van der Waals surface area contributed by atoms with E-state index in [9.17, 15) is 14.7 Å². The average Bonchev–Trinajstić information content (AvgIpc) is 3.48. The first kappa shape index (κ1) is 24.6. The van der Waals surface area contributed by atoms with Crippen molar-refractivity contribution < 1.29 is 24.2 Å². The second kappa shape index (κ2) is 10.5. The molecule has 1 saturated heterocycles. The van der Waals surface area contributed by atoms with Crippen molar-refractivity contribution >= 4 is 17.4 Å². The number of fused-ring (bicyclic) bond motifs is 1. The SMILES string of the molecule is CN(C)CCN1C(=O)C(=O)/C(=C(\O)c2ccc3c(c2)CCO3)C1c1cccc(OCc2ccccc2)c1. The Bertz CT molecular complexity index is 1350. The molecule has 1 unspecified atom stereocenters. The van der Waals surface area contributed by atoms with Crippen LogP contribution in [0.4, 0.5) is 0 Å². The van der Waals surface area contributed by atoms with Crippen LogP contribution in [0.15, 0.2) is 78.4 Å². The molecule has 37 heavy (non-hydrogen) atoms. The van der Waals surface area contributed by atoms with Crippen molar-refractivity contribution in [3.63, 3.8) is 0 Å². The summed E-state index contributed by atoms with van der Waals surface area (Å²) >= 11 is 0. The summed E-state index contributed by atoms with van der Waals surface area (Å²) in [5, 5.41) is 11.4. The van der Waals surface area contributed by atoms with E-state index in [0.717, 1.165) is 23.3 Å². The smallest absolute Gasteiger partial charge is 0.295 e. The number of likely N-dealkylation sites (N-methyl/N-ethyl adjacent to an activating group) is 1. The predicted molar refractivity (Wildman–Crippen MR) is 140 cm³/mol. The number of likely N-dealkylation sites (tertiary alicyclic amines) is 1. The molecular weight excluding hydrogens is 468 g/mol. The third-order valence-corrected chi connectivity index (χ3v) is 6.71. The van der Waals surface area contributed by atoms with Crippen LogP contribution in [0.3, 0.4) is 0 Å². The average molecular weight is 499 g/mol. The van der Waals surface area contributed by atoms with Crippen LogP contribution in [0.25, 0.3) is 5.76 Å². The summed E-state index contributed by atoms with van der Waals surface area (Å²) in [6.45, 7) is 1.89. The van der Waals surface area contributed by atoms with Crippen LogP contribution in [0, 0.1) is 0 Å². The fourth-order valence-corrected chi connectivity index (χ4v) is 4.77. The maximum Gasteiger partial charge on any atom is 0.295 e. The molecule has 3 aromatic carbocycles. The summed E-state index contributed by atoms with van der Waals surface area (Å²) in [5.41, 5.74) is 3.29. The number of hydrogen-bond donors (Lipinski definition) is 1. The molecule has 2 aliphatic heterocycles. The Labute approximate surface area is 216 Å². The van der Waals surface area contributed by atoms with Crippen molar-refractivity contribution in [3.05, 3.63) is 101 Å². The number of hydrogen-bond acceptors (Lipinski definition) is 6. The van der Waals surface area contributed by atoms with E-state index >= 15 is 0 Å². The van der Waals surface area contributed by atoms with E-state index < -0.39 is 17.7 Å². The number of rotatable bonds is 8. The number of ketones is 1. The highest BCUT2D eigenvalue weighted by Gasteiger charge is 2.46.